The predicted octanol–water partition coefficient (Wildman–Crippen LogP) is 1.45. The first-order valence-electron chi connectivity index (χ1n) is 7.21. The Kier molecular flexibility index (Phi) is 3.77. The third-order valence-corrected chi connectivity index (χ3v) is 3.91. The van der Waals surface area contributed by atoms with Crippen molar-refractivity contribution in [2.45, 2.75) is 19.9 Å². The standard InChI is InChI=1S/C15H18N6O/c1-10-4-5-12(8-16)14(17-10)21-7-6-20(3)13(9-21)15-18-11(2)19-22-15/h4-5,13H,6-7,9H2,1-3H3. The van der Waals surface area contributed by atoms with E-state index >= 15 is 0 Å². The summed E-state index contributed by atoms with van der Waals surface area (Å²) in [5, 5.41) is 13.2. The van der Waals surface area contributed by atoms with Crippen LogP contribution in [0.4, 0.5) is 5.82 Å². The van der Waals surface area contributed by atoms with Gasteiger partial charge in [-0.3, -0.25) is 4.90 Å². The number of likely N-dealkylation sites (N-methyl/N-ethyl adjacent to an activating group) is 1. The van der Waals surface area contributed by atoms with E-state index in [2.05, 4.69) is 31.0 Å². The van der Waals surface area contributed by atoms with Gasteiger partial charge in [-0.25, -0.2) is 4.98 Å². The second-order valence-electron chi connectivity index (χ2n) is 5.56. The van der Waals surface area contributed by atoms with E-state index in [-0.39, 0.29) is 6.04 Å². The lowest BCUT2D eigenvalue weighted by atomic mass is 10.1. The Morgan fingerprint density at radius 1 is 1.27 bits per heavy atom. The number of anilines is 1. The predicted molar refractivity (Wildman–Crippen MR) is 80.3 cm³/mol. The van der Waals surface area contributed by atoms with Gasteiger partial charge < -0.3 is 9.42 Å². The Labute approximate surface area is 129 Å². The molecule has 1 aliphatic rings. The summed E-state index contributed by atoms with van der Waals surface area (Å²) >= 11 is 0. The number of nitrogens with zero attached hydrogens (tertiary/aromatic N) is 6. The molecule has 0 radical (unpaired) electrons. The minimum atomic E-state index is 0.00352. The van der Waals surface area contributed by atoms with Crippen LogP contribution in [0.1, 0.15) is 29.0 Å². The molecule has 0 aromatic carbocycles. The molecule has 22 heavy (non-hydrogen) atoms. The number of aromatic nitrogens is 3. The highest BCUT2D eigenvalue weighted by molar-refractivity contribution is 5.54. The normalized spacial score (nSPS) is 19.2. The first-order chi connectivity index (χ1) is 10.6. The maximum Gasteiger partial charge on any atom is 0.245 e. The van der Waals surface area contributed by atoms with Gasteiger partial charge in [-0.2, -0.15) is 10.2 Å². The topological polar surface area (TPSA) is 82.1 Å². The molecule has 114 valence electrons. The SMILES string of the molecule is Cc1ccc(C#N)c(N2CCN(C)C(c3nc(C)no3)C2)n1. The highest BCUT2D eigenvalue weighted by Gasteiger charge is 2.31. The zero-order valence-corrected chi connectivity index (χ0v) is 12.9. The number of rotatable bonds is 2. The fourth-order valence-corrected chi connectivity index (χ4v) is 2.65. The molecule has 1 unspecified atom stereocenters. The van der Waals surface area contributed by atoms with E-state index < -0.39 is 0 Å². The Hall–Kier alpha value is -2.46. The molecule has 2 aromatic heterocycles. The van der Waals surface area contributed by atoms with Crippen LogP contribution in [0.5, 0.6) is 0 Å². The Bertz CT molecular complexity index is 719. The van der Waals surface area contributed by atoms with Crippen molar-refractivity contribution in [2.75, 3.05) is 31.6 Å². The van der Waals surface area contributed by atoms with E-state index in [4.69, 9.17) is 4.52 Å². The molecular formula is C15H18N6O. The Balaban J connectivity index is 1.90. The van der Waals surface area contributed by atoms with E-state index in [0.717, 1.165) is 24.6 Å². The van der Waals surface area contributed by atoms with Crippen molar-refractivity contribution >= 4 is 5.82 Å². The van der Waals surface area contributed by atoms with Gasteiger partial charge in [0.1, 0.15) is 17.9 Å². The van der Waals surface area contributed by atoms with E-state index in [1.54, 1.807) is 0 Å². The van der Waals surface area contributed by atoms with E-state index in [9.17, 15) is 5.26 Å². The Morgan fingerprint density at radius 2 is 2.09 bits per heavy atom. The van der Waals surface area contributed by atoms with Crippen LogP contribution >= 0.6 is 0 Å². The fraction of sp³-hybridized carbons (Fsp3) is 0.467. The van der Waals surface area contributed by atoms with Crippen molar-refractivity contribution in [2.24, 2.45) is 0 Å². The number of nitriles is 1. The first-order valence-corrected chi connectivity index (χ1v) is 7.21. The first kappa shape index (κ1) is 14.5. The lowest BCUT2D eigenvalue weighted by molar-refractivity contribution is 0.177. The summed E-state index contributed by atoms with van der Waals surface area (Å²) in [5.41, 5.74) is 1.49. The van der Waals surface area contributed by atoms with Gasteiger partial charge in [0.15, 0.2) is 5.82 Å². The molecule has 1 aliphatic heterocycles. The van der Waals surface area contributed by atoms with Crippen LogP contribution in [0.25, 0.3) is 0 Å². The fourth-order valence-electron chi connectivity index (χ4n) is 2.65. The van der Waals surface area contributed by atoms with Crippen LogP contribution < -0.4 is 4.90 Å². The molecule has 7 heteroatoms. The van der Waals surface area contributed by atoms with Crippen molar-refractivity contribution in [1.82, 2.24) is 20.0 Å². The minimum Gasteiger partial charge on any atom is -0.352 e. The average molecular weight is 298 g/mol. The molecule has 3 rings (SSSR count). The van der Waals surface area contributed by atoms with E-state index in [0.29, 0.717) is 23.8 Å². The summed E-state index contributed by atoms with van der Waals surface area (Å²) in [6.07, 6.45) is 0. The number of pyridine rings is 1. The number of aryl methyl sites for hydroxylation is 2. The van der Waals surface area contributed by atoms with Crippen molar-refractivity contribution < 1.29 is 4.52 Å². The summed E-state index contributed by atoms with van der Waals surface area (Å²) in [6, 6.07) is 5.90. The van der Waals surface area contributed by atoms with Crippen molar-refractivity contribution in [3.63, 3.8) is 0 Å². The van der Waals surface area contributed by atoms with Crippen LogP contribution in [0.15, 0.2) is 16.7 Å². The molecule has 3 heterocycles. The zero-order valence-electron chi connectivity index (χ0n) is 12.9. The van der Waals surface area contributed by atoms with Crippen molar-refractivity contribution in [3.05, 3.63) is 35.1 Å². The molecule has 2 aromatic rings. The summed E-state index contributed by atoms with van der Waals surface area (Å²) in [4.78, 5) is 13.2. The van der Waals surface area contributed by atoms with Gasteiger partial charge in [0.2, 0.25) is 5.89 Å². The number of hydrogen-bond donors (Lipinski definition) is 0. The summed E-state index contributed by atoms with van der Waals surface area (Å²) < 4.78 is 5.32. The second kappa shape index (κ2) is 5.73. The summed E-state index contributed by atoms with van der Waals surface area (Å²) in [6.45, 7) is 6.06. The second-order valence-corrected chi connectivity index (χ2v) is 5.56. The molecule has 0 N–H and O–H groups in total. The van der Waals surface area contributed by atoms with Gasteiger partial charge in [0, 0.05) is 25.3 Å². The third kappa shape index (κ3) is 2.65. The van der Waals surface area contributed by atoms with Gasteiger partial charge >= 0.3 is 0 Å². The maximum atomic E-state index is 9.31. The van der Waals surface area contributed by atoms with Crippen LogP contribution in [-0.4, -0.2) is 46.7 Å². The molecule has 7 nitrogen and oxygen atoms in total. The van der Waals surface area contributed by atoms with Crippen molar-refractivity contribution in [1.29, 1.82) is 5.26 Å². The number of hydrogen-bond acceptors (Lipinski definition) is 7. The highest BCUT2D eigenvalue weighted by Crippen LogP contribution is 2.27. The van der Waals surface area contributed by atoms with Gasteiger partial charge in [0.05, 0.1) is 5.56 Å². The molecule has 1 saturated heterocycles. The highest BCUT2D eigenvalue weighted by atomic mass is 16.5. The Morgan fingerprint density at radius 3 is 2.77 bits per heavy atom. The monoisotopic (exact) mass is 298 g/mol. The molecule has 1 atom stereocenters. The molecule has 0 spiro atoms. The molecule has 1 fully saturated rings. The number of piperazine rings is 1. The van der Waals surface area contributed by atoms with Crippen LogP contribution in [-0.2, 0) is 0 Å². The molecule has 0 bridgehead atoms. The van der Waals surface area contributed by atoms with E-state index in [1.165, 1.54) is 0 Å². The molecule has 0 aliphatic carbocycles. The molecule has 0 saturated carbocycles. The lowest BCUT2D eigenvalue weighted by Crippen LogP contribution is -2.47. The molecular weight excluding hydrogens is 280 g/mol. The molecule has 0 amide bonds. The quantitative estimate of drug-likeness (QED) is 0.829. The van der Waals surface area contributed by atoms with Crippen LogP contribution in [0.3, 0.4) is 0 Å². The zero-order chi connectivity index (χ0) is 15.7. The summed E-state index contributed by atoms with van der Waals surface area (Å²) in [5.74, 6) is 1.97. The lowest BCUT2D eigenvalue weighted by Gasteiger charge is -2.38. The van der Waals surface area contributed by atoms with Gasteiger partial charge in [-0.1, -0.05) is 5.16 Å². The van der Waals surface area contributed by atoms with E-state index in [1.807, 2.05) is 33.0 Å². The van der Waals surface area contributed by atoms with Gasteiger partial charge in [-0.15, -0.1) is 0 Å². The maximum absolute atomic E-state index is 9.31. The van der Waals surface area contributed by atoms with Crippen LogP contribution in [0.2, 0.25) is 0 Å². The summed E-state index contributed by atoms with van der Waals surface area (Å²) in [7, 11) is 2.04. The van der Waals surface area contributed by atoms with Crippen molar-refractivity contribution in [3.8, 4) is 6.07 Å². The largest absolute Gasteiger partial charge is 0.352 e. The minimum absolute atomic E-state index is 0.00352. The van der Waals surface area contributed by atoms with Gasteiger partial charge in [0.25, 0.3) is 0 Å². The van der Waals surface area contributed by atoms with Crippen LogP contribution in [0, 0.1) is 25.2 Å². The smallest absolute Gasteiger partial charge is 0.245 e. The average Bonchev–Trinajstić information content (AvgIpc) is 2.94. The third-order valence-electron chi connectivity index (χ3n) is 3.91. The van der Waals surface area contributed by atoms with Gasteiger partial charge in [-0.05, 0) is 33.0 Å².